The molecule has 1 rings (SSSR count). The van der Waals surface area contributed by atoms with Crippen LogP contribution in [0.3, 0.4) is 0 Å². The van der Waals surface area contributed by atoms with Gasteiger partial charge < -0.3 is 15.1 Å². The molecular formula is C16H24ClN3O2. The number of benzene rings is 1. The Kier molecular flexibility index (Phi) is 7.18. The molecule has 0 spiro atoms. The highest BCUT2D eigenvalue weighted by molar-refractivity contribution is 6.19. The van der Waals surface area contributed by atoms with Crippen LogP contribution in [0.15, 0.2) is 18.2 Å². The number of hydrogen-bond donors (Lipinski definition) is 1. The van der Waals surface area contributed by atoms with Crippen LogP contribution in [0.2, 0.25) is 0 Å². The van der Waals surface area contributed by atoms with Gasteiger partial charge in [-0.05, 0) is 32.0 Å². The molecule has 122 valence electrons. The molecule has 0 aliphatic heterocycles. The SMILES string of the molecule is CCN(CC)C(=O)c1cc(NC(=O)CCCl)ccc1N(C)C. The van der Waals surface area contributed by atoms with E-state index < -0.39 is 0 Å². The maximum Gasteiger partial charge on any atom is 0.256 e. The Morgan fingerprint density at radius 1 is 1.18 bits per heavy atom. The summed E-state index contributed by atoms with van der Waals surface area (Å²) in [7, 11) is 3.78. The molecule has 0 saturated carbocycles. The van der Waals surface area contributed by atoms with Gasteiger partial charge in [0, 0.05) is 50.9 Å². The second-order valence-electron chi connectivity index (χ2n) is 5.09. The molecule has 0 bridgehead atoms. The Morgan fingerprint density at radius 3 is 2.32 bits per heavy atom. The van der Waals surface area contributed by atoms with Crippen LogP contribution in [0.25, 0.3) is 0 Å². The van der Waals surface area contributed by atoms with Crippen LogP contribution >= 0.6 is 11.6 Å². The van der Waals surface area contributed by atoms with Gasteiger partial charge >= 0.3 is 0 Å². The van der Waals surface area contributed by atoms with Crippen molar-refractivity contribution in [3.63, 3.8) is 0 Å². The van der Waals surface area contributed by atoms with E-state index in [-0.39, 0.29) is 24.1 Å². The van der Waals surface area contributed by atoms with Crippen LogP contribution in [0.1, 0.15) is 30.6 Å². The number of rotatable bonds is 7. The second kappa shape index (κ2) is 8.63. The van der Waals surface area contributed by atoms with Gasteiger partial charge in [0.1, 0.15) is 0 Å². The molecule has 2 amide bonds. The summed E-state index contributed by atoms with van der Waals surface area (Å²) < 4.78 is 0. The van der Waals surface area contributed by atoms with Gasteiger partial charge in [-0.2, -0.15) is 0 Å². The van der Waals surface area contributed by atoms with E-state index in [2.05, 4.69) is 5.32 Å². The van der Waals surface area contributed by atoms with E-state index in [9.17, 15) is 9.59 Å². The van der Waals surface area contributed by atoms with E-state index in [1.807, 2.05) is 38.9 Å². The highest BCUT2D eigenvalue weighted by Crippen LogP contribution is 2.24. The van der Waals surface area contributed by atoms with Crippen molar-refractivity contribution >= 4 is 34.8 Å². The average molecular weight is 326 g/mol. The van der Waals surface area contributed by atoms with Gasteiger partial charge in [-0.25, -0.2) is 0 Å². The highest BCUT2D eigenvalue weighted by atomic mass is 35.5. The fraction of sp³-hybridized carbons (Fsp3) is 0.500. The minimum atomic E-state index is -0.158. The Bertz CT molecular complexity index is 528. The van der Waals surface area contributed by atoms with Crippen molar-refractivity contribution in [3.8, 4) is 0 Å². The smallest absolute Gasteiger partial charge is 0.256 e. The first-order chi connectivity index (χ1) is 10.4. The number of hydrogen-bond acceptors (Lipinski definition) is 3. The summed E-state index contributed by atoms with van der Waals surface area (Å²) in [6, 6.07) is 5.36. The van der Waals surface area contributed by atoms with E-state index >= 15 is 0 Å². The van der Waals surface area contributed by atoms with Crippen LogP contribution in [0, 0.1) is 0 Å². The summed E-state index contributed by atoms with van der Waals surface area (Å²) >= 11 is 5.56. The molecule has 0 saturated heterocycles. The Morgan fingerprint density at radius 2 is 1.82 bits per heavy atom. The second-order valence-corrected chi connectivity index (χ2v) is 5.47. The van der Waals surface area contributed by atoms with Crippen LogP contribution in [0.4, 0.5) is 11.4 Å². The third-order valence-electron chi connectivity index (χ3n) is 3.36. The monoisotopic (exact) mass is 325 g/mol. The zero-order valence-corrected chi connectivity index (χ0v) is 14.4. The molecule has 0 fully saturated rings. The molecule has 1 N–H and O–H groups in total. The lowest BCUT2D eigenvalue weighted by Gasteiger charge is -2.23. The van der Waals surface area contributed by atoms with Crippen molar-refractivity contribution < 1.29 is 9.59 Å². The number of carbonyl (C=O) groups is 2. The molecule has 1 aromatic rings. The largest absolute Gasteiger partial charge is 0.377 e. The highest BCUT2D eigenvalue weighted by Gasteiger charge is 2.18. The van der Waals surface area contributed by atoms with Crippen molar-refractivity contribution in [3.05, 3.63) is 23.8 Å². The first kappa shape index (κ1) is 18.3. The fourth-order valence-electron chi connectivity index (χ4n) is 2.17. The lowest BCUT2D eigenvalue weighted by Crippen LogP contribution is -2.31. The third-order valence-corrected chi connectivity index (χ3v) is 3.55. The predicted molar refractivity (Wildman–Crippen MR) is 92.0 cm³/mol. The van der Waals surface area contributed by atoms with Crippen LogP contribution in [-0.4, -0.2) is 49.8 Å². The molecule has 6 heteroatoms. The molecule has 0 aliphatic carbocycles. The summed E-state index contributed by atoms with van der Waals surface area (Å²) in [5, 5.41) is 2.77. The first-order valence-corrected chi connectivity index (χ1v) is 7.94. The molecule has 0 heterocycles. The molecule has 0 unspecified atom stereocenters. The van der Waals surface area contributed by atoms with Crippen molar-refractivity contribution in [2.45, 2.75) is 20.3 Å². The van der Waals surface area contributed by atoms with Crippen LogP contribution in [-0.2, 0) is 4.79 Å². The summed E-state index contributed by atoms with van der Waals surface area (Å²) in [4.78, 5) is 28.0. The van der Waals surface area contributed by atoms with E-state index in [0.717, 1.165) is 5.69 Å². The molecule has 5 nitrogen and oxygen atoms in total. The van der Waals surface area contributed by atoms with Gasteiger partial charge in [0.25, 0.3) is 5.91 Å². The lowest BCUT2D eigenvalue weighted by molar-refractivity contribution is -0.115. The zero-order chi connectivity index (χ0) is 16.7. The molecule has 0 atom stereocenters. The molecule has 0 aromatic heterocycles. The molecule has 0 aliphatic rings. The lowest BCUT2D eigenvalue weighted by atomic mass is 10.1. The first-order valence-electron chi connectivity index (χ1n) is 7.41. The summed E-state index contributed by atoms with van der Waals surface area (Å²) in [6.07, 6.45) is 0.246. The third kappa shape index (κ3) is 4.63. The van der Waals surface area contributed by atoms with E-state index in [0.29, 0.717) is 24.3 Å². The maximum atomic E-state index is 12.7. The van der Waals surface area contributed by atoms with E-state index in [1.165, 1.54) is 0 Å². The van der Waals surface area contributed by atoms with Gasteiger partial charge in [-0.1, -0.05) is 0 Å². The number of anilines is 2. The number of halogens is 1. The topological polar surface area (TPSA) is 52.7 Å². The number of carbonyl (C=O) groups excluding carboxylic acids is 2. The maximum absolute atomic E-state index is 12.7. The fourth-order valence-corrected chi connectivity index (χ4v) is 2.34. The summed E-state index contributed by atoms with van der Waals surface area (Å²) in [5.41, 5.74) is 2.01. The Labute approximate surface area is 137 Å². The van der Waals surface area contributed by atoms with Gasteiger partial charge in [-0.3, -0.25) is 9.59 Å². The number of amides is 2. The quantitative estimate of drug-likeness (QED) is 0.784. The number of nitrogens with zero attached hydrogens (tertiary/aromatic N) is 2. The molecule has 22 heavy (non-hydrogen) atoms. The van der Waals surface area contributed by atoms with Gasteiger partial charge in [0.15, 0.2) is 0 Å². The normalized spacial score (nSPS) is 10.2. The molecular weight excluding hydrogens is 302 g/mol. The number of alkyl halides is 1. The van der Waals surface area contributed by atoms with E-state index in [4.69, 9.17) is 11.6 Å². The summed E-state index contributed by atoms with van der Waals surface area (Å²) in [5.74, 6) is 0.0725. The van der Waals surface area contributed by atoms with Gasteiger partial charge in [0.2, 0.25) is 5.91 Å². The van der Waals surface area contributed by atoms with Crippen LogP contribution < -0.4 is 10.2 Å². The van der Waals surface area contributed by atoms with Gasteiger partial charge in [0.05, 0.1) is 5.56 Å². The predicted octanol–water partition coefficient (Wildman–Crippen LogP) is 2.80. The van der Waals surface area contributed by atoms with Crippen molar-refractivity contribution in [2.24, 2.45) is 0 Å². The molecule has 0 radical (unpaired) electrons. The molecule has 1 aromatic carbocycles. The minimum Gasteiger partial charge on any atom is -0.377 e. The Balaban J connectivity index is 3.15. The van der Waals surface area contributed by atoms with Gasteiger partial charge in [-0.15, -0.1) is 11.6 Å². The Hall–Kier alpha value is -1.75. The average Bonchev–Trinajstić information content (AvgIpc) is 2.48. The van der Waals surface area contributed by atoms with E-state index in [1.54, 1.807) is 17.0 Å². The van der Waals surface area contributed by atoms with Crippen molar-refractivity contribution in [2.75, 3.05) is 43.3 Å². The number of nitrogens with one attached hydrogen (secondary N) is 1. The van der Waals surface area contributed by atoms with Crippen molar-refractivity contribution in [1.29, 1.82) is 0 Å². The minimum absolute atomic E-state index is 0.0397. The standard InChI is InChI=1S/C16H24ClN3O2/c1-5-20(6-2)16(22)13-11-12(18-15(21)9-10-17)7-8-14(13)19(3)4/h7-8,11H,5-6,9-10H2,1-4H3,(H,18,21). The van der Waals surface area contributed by atoms with Crippen LogP contribution in [0.5, 0.6) is 0 Å². The van der Waals surface area contributed by atoms with Crippen molar-refractivity contribution in [1.82, 2.24) is 4.90 Å². The summed E-state index contributed by atoms with van der Waals surface area (Å²) in [6.45, 7) is 5.18. The zero-order valence-electron chi connectivity index (χ0n) is 13.6.